The molecule has 0 amide bonds. The first kappa shape index (κ1) is 14.3. The second kappa shape index (κ2) is 4.76. The van der Waals surface area contributed by atoms with Gasteiger partial charge in [0.15, 0.2) is 5.75 Å². The Morgan fingerprint density at radius 1 is 1.32 bits per heavy atom. The minimum atomic E-state index is -4.65. The molecule has 0 fully saturated rings. The summed E-state index contributed by atoms with van der Waals surface area (Å²) in [5.74, 6) is 0.114. The Morgan fingerprint density at radius 3 is 2.26 bits per heavy atom. The Morgan fingerprint density at radius 2 is 1.89 bits per heavy atom. The molecule has 0 aromatic heterocycles. The van der Waals surface area contributed by atoms with Gasteiger partial charge in [0.1, 0.15) is 0 Å². The minimum Gasteiger partial charge on any atom is -0.494 e. The standard InChI is InChI=1S/C11H8Cl2F3NO2/c1-18-9-7(12)4-6(5-8(9)13)10(11(14,15)16)2-3-17-19-10/h3-5H,2H2,1H3. The molecule has 3 nitrogen and oxygen atoms in total. The number of alkyl halides is 3. The van der Waals surface area contributed by atoms with Crippen LogP contribution in [0, 0.1) is 0 Å². The zero-order valence-electron chi connectivity index (χ0n) is 9.59. The van der Waals surface area contributed by atoms with Crippen molar-refractivity contribution in [3.8, 4) is 5.75 Å². The van der Waals surface area contributed by atoms with E-state index in [1.807, 2.05) is 0 Å². The topological polar surface area (TPSA) is 30.8 Å². The average Bonchev–Trinajstić information content (AvgIpc) is 2.77. The third kappa shape index (κ3) is 2.23. The van der Waals surface area contributed by atoms with Gasteiger partial charge in [0.2, 0.25) is 0 Å². The van der Waals surface area contributed by atoms with Crippen LogP contribution < -0.4 is 4.74 Å². The maximum atomic E-state index is 13.2. The maximum Gasteiger partial charge on any atom is 0.435 e. The fourth-order valence-corrected chi connectivity index (χ4v) is 2.46. The van der Waals surface area contributed by atoms with Crippen molar-refractivity contribution in [3.05, 3.63) is 27.7 Å². The van der Waals surface area contributed by atoms with Crippen LogP contribution >= 0.6 is 23.2 Å². The van der Waals surface area contributed by atoms with Gasteiger partial charge in [-0.1, -0.05) is 28.4 Å². The fraction of sp³-hybridized carbons (Fsp3) is 0.364. The lowest BCUT2D eigenvalue weighted by Gasteiger charge is -2.29. The van der Waals surface area contributed by atoms with Gasteiger partial charge in [0.25, 0.3) is 5.60 Å². The first-order chi connectivity index (χ1) is 8.82. The van der Waals surface area contributed by atoms with Gasteiger partial charge in [-0.3, -0.25) is 0 Å². The molecule has 0 saturated heterocycles. The van der Waals surface area contributed by atoms with E-state index in [0.717, 1.165) is 18.3 Å². The molecule has 0 saturated carbocycles. The molecule has 19 heavy (non-hydrogen) atoms. The zero-order chi connectivity index (χ0) is 14.3. The summed E-state index contributed by atoms with van der Waals surface area (Å²) >= 11 is 11.7. The van der Waals surface area contributed by atoms with Crippen LogP contribution in [0.5, 0.6) is 5.75 Å². The van der Waals surface area contributed by atoms with Crippen LogP contribution in [-0.4, -0.2) is 19.5 Å². The van der Waals surface area contributed by atoms with Crippen molar-refractivity contribution in [2.75, 3.05) is 7.11 Å². The average molecular weight is 314 g/mol. The van der Waals surface area contributed by atoms with Crippen molar-refractivity contribution < 1.29 is 22.7 Å². The maximum absolute atomic E-state index is 13.2. The van der Waals surface area contributed by atoms with E-state index < -0.39 is 18.2 Å². The Hall–Kier alpha value is -1.14. The summed E-state index contributed by atoms with van der Waals surface area (Å²) in [6.45, 7) is 0. The van der Waals surface area contributed by atoms with Gasteiger partial charge in [-0.05, 0) is 12.1 Å². The number of rotatable bonds is 2. The molecule has 0 N–H and O–H groups in total. The number of oxime groups is 1. The van der Waals surface area contributed by atoms with Crippen molar-refractivity contribution in [2.24, 2.45) is 5.16 Å². The predicted molar refractivity (Wildman–Crippen MR) is 64.9 cm³/mol. The third-order valence-electron chi connectivity index (χ3n) is 2.79. The Bertz CT molecular complexity index is 500. The number of ether oxygens (including phenoxy) is 1. The molecule has 0 radical (unpaired) electrons. The Labute approximate surface area is 116 Å². The highest BCUT2D eigenvalue weighted by Crippen LogP contribution is 2.49. The van der Waals surface area contributed by atoms with Crippen LogP contribution in [0.25, 0.3) is 0 Å². The summed E-state index contributed by atoms with van der Waals surface area (Å²) in [6, 6.07) is 2.24. The summed E-state index contributed by atoms with van der Waals surface area (Å²) in [7, 11) is 1.32. The highest BCUT2D eigenvalue weighted by atomic mass is 35.5. The summed E-state index contributed by atoms with van der Waals surface area (Å²) in [4.78, 5) is 4.56. The molecular weight excluding hydrogens is 306 g/mol. The van der Waals surface area contributed by atoms with Crippen LogP contribution in [0.4, 0.5) is 13.2 Å². The lowest BCUT2D eigenvalue weighted by atomic mass is 9.90. The summed E-state index contributed by atoms with van der Waals surface area (Å²) in [5.41, 5.74) is -2.76. The summed E-state index contributed by atoms with van der Waals surface area (Å²) < 4.78 is 44.6. The molecule has 2 rings (SSSR count). The van der Waals surface area contributed by atoms with Crippen LogP contribution in [0.15, 0.2) is 17.3 Å². The van der Waals surface area contributed by atoms with Crippen LogP contribution in [-0.2, 0) is 10.4 Å². The number of hydrogen-bond acceptors (Lipinski definition) is 3. The Kier molecular flexibility index (Phi) is 3.57. The Balaban J connectivity index is 2.57. The van der Waals surface area contributed by atoms with Gasteiger partial charge >= 0.3 is 6.18 Å². The zero-order valence-corrected chi connectivity index (χ0v) is 11.1. The predicted octanol–water partition coefficient (Wildman–Crippen LogP) is 4.17. The number of halogens is 5. The van der Waals surface area contributed by atoms with E-state index in [1.165, 1.54) is 7.11 Å². The van der Waals surface area contributed by atoms with Crippen molar-refractivity contribution in [1.82, 2.24) is 0 Å². The highest BCUT2D eigenvalue weighted by molar-refractivity contribution is 6.37. The van der Waals surface area contributed by atoms with Gasteiger partial charge < -0.3 is 9.57 Å². The first-order valence-electron chi connectivity index (χ1n) is 5.12. The van der Waals surface area contributed by atoms with Crippen LogP contribution in [0.1, 0.15) is 12.0 Å². The largest absolute Gasteiger partial charge is 0.494 e. The molecule has 1 aromatic rings. The minimum absolute atomic E-state index is 0.0240. The molecule has 0 aliphatic carbocycles. The quantitative estimate of drug-likeness (QED) is 0.820. The van der Waals surface area contributed by atoms with Gasteiger partial charge in [0.05, 0.1) is 17.2 Å². The van der Waals surface area contributed by atoms with E-state index in [-0.39, 0.29) is 21.4 Å². The molecule has 1 heterocycles. The molecule has 8 heteroatoms. The molecule has 104 valence electrons. The van der Waals surface area contributed by atoms with Crippen molar-refractivity contribution in [3.63, 3.8) is 0 Å². The van der Waals surface area contributed by atoms with E-state index >= 15 is 0 Å². The van der Waals surface area contributed by atoms with E-state index in [0.29, 0.717) is 0 Å². The molecule has 1 aliphatic heterocycles. The van der Waals surface area contributed by atoms with E-state index in [2.05, 4.69) is 9.99 Å². The van der Waals surface area contributed by atoms with Gasteiger partial charge in [-0.25, -0.2) is 0 Å². The van der Waals surface area contributed by atoms with Crippen molar-refractivity contribution in [1.29, 1.82) is 0 Å². The lowest BCUT2D eigenvalue weighted by Crippen LogP contribution is -2.42. The van der Waals surface area contributed by atoms with E-state index in [9.17, 15) is 13.2 Å². The molecule has 0 spiro atoms. The number of methoxy groups -OCH3 is 1. The molecule has 1 aromatic carbocycles. The highest BCUT2D eigenvalue weighted by Gasteiger charge is 2.60. The number of hydrogen-bond donors (Lipinski definition) is 0. The molecule has 0 bridgehead atoms. The van der Waals surface area contributed by atoms with E-state index in [1.54, 1.807) is 0 Å². The fourth-order valence-electron chi connectivity index (χ4n) is 1.82. The van der Waals surface area contributed by atoms with Crippen molar-refractivity contribution >= 4 is 29.4 Å². The second-order valence-electron chi connectivity index (χ2n) is 3.88. The van der Waals surface area contributed by atoms with Crippen LogP contribution in [0.3, 0.4) is 0 Å². The second-order valence-corrected chi connectivity index (χ2v) is 4.70. The molecule has 1 unspecified atom stereocenters. The molecule has 1 atom stereocenters. The molecule has 1 aliphatic rings. The van der Waals surface area contributed by atoms with Gasteiger partial charge in [0, 0.05) is 18.2 Å². The van der Waals surface area contributed by atoms with Gasteiger partial charge in [-0.15, -0.1) is 0 Å². The first-order valence-corrected chi connectivity index (χ1v) is 5.87. The van der Waals surface area contributed by atoms with Crippen LogP contribution in [0.2, 0.25) is 10.0 Å². The SMILES string of the molecule is COc1c(Cl)cc(C2(C(F)(F)F)CC=NO2)cc1Cl. The van der Waals surface area contributed by atoms with Crippen molar-refractivity contribution in [2.45, 2.75) is 18.2 Å². The monoisotopic (exact) mass is 313 g/mol. The summed E-state index contributed by atoms with van der Waals surface area (Å²) in [6.07, 6.45) is -4.03. The lowest BCUT2D eigenvalue weighted by molar-refractivity contribution is -0.275. The normalized spacial score (nSPS) is 22.4. The van der Waals surface area contributed by atoms with Gasteiger partial charge in [-0.2, -0.15) is 13.2 Å². The van der Waals surface area contributed by atoms with E-state index in [4.69, 9.17) is 27.9 Å². The molecular formula is C11H8Cl2F3NO2. The summed E-state index contributed by atoms with van der Waals surface area (Å²) in [5, 5.41) is 3.17. The number of benzene rings is 1. The third-order valence-corrected chi connectivity index (χ3v) is 3.35. The smallest absolute Gasteiger partial charge is 0.435 e. The number of nitrogens with zero attached hydrogens (tertiary/aromatic N) is 1.